The second kappa shape index (κ2) is 8.46. The SMILES string of the molecule is COc1cc(OC)c(-c2nc3ccccc3n2Cc2ccc(Cl)c(Cl)c2)cc1OC. The Morgan fingerprint density at radius 2 is 1.50 bits per heavy atom. The summed E-state index contributed by atoms with van der Waals surface area (Å²) in [5.74, 6) is 2.57. The Morgan fingerprint density at radius 3 is 2.20 bits per heavy atom. The van der Waals surface area contributed by atoms with E-state index in [1.165, 1.54) is 0 Å². The third kappa shape index (κ3) is 3.66. The second-order valence-electron chi connectivity index (χ2n) is 6.67. The zero-order valence-electron chi connectivity index (χ0n) is 16.8. The van der Waals surface area contributed by atoms with Gasteiger partial charge >= 0.3 is 0 Å². The van der Waals surface area contributed by atoms with Crippen molar-refractivity contribution in [3.05, 3.63) is 70.2 Å². The lowest BCUT2D eigenvalue weighted by Gasteiger charge is -2.16. The summed E-state index contributed by atoms with van der Waals surface area (Å²) in [5, 5.41) is 1.04. The van der Waals surface area contributed by atoms with Crippen molar-refractivity contribution in [2.75, 3.05) is 21.3 Å². The van der Waals surface area contributed by atoms with Crippen LogP contribution in [0.3, 0.4) is 0 Å². The van der Waals surface area contributed by atoms with E-state index in [0.29, 0.717) is 33.8 Å². The second-order valence-corrected chi connectivity index (χ2v) is 7.48. The predicted octanol–water partition coefficient (Wildman–Crippen LogP) is 6.08. The Hall–Kier alpha value is -2.89. The molecule has 1 heterocycles. The third-order valence-electron chi connectivity index (χ3n) is 4.93. The first-order valence-electron chi connectivity index (χ1n) is 9.25. The van der Waals surface area contributed by atoms with Crippen molar-refractivity contribution in [3.63, 3.8) is 0 Å². The highest BCUT2D eigenvalue weighted by Gasteiger charge is 2.20. The van der Waals surface area contributed by atoms with E-state index in [9.17, 15) is 0 Å². The summed E-state index contributed by atoms with van der Waals surface area (Å²) in [6.07, 6.45) is 0. The minimum Gasteiger partial charge on any atom is -0.496 e. The van der Waals surface area contributed by atoms with E-state index in [2.05, 4.69) is 4.57 Å². The predicted molar refractivity (Wildman–Crippen MR) is 120 cm³/mol. The van der Waals surface area contributed by atoms with Gasteiger partial charge in [-0.15, -0.1) is 0 Å². The first-order valence-corrected chi connectivity index (χ1v) is 10.0. The van der Waals surface area contributed by atoms with Crippen molar-refractivity contribution >= 4 is 34.2 Å². The zero-order valence-corrected chi connectivity index (χ0v) is 18.3. The number of benzene rings is 3. The number of para-hydroxylation sites is 2. The van der Waals surface area contributed by atoms with Gasteiger partial charge in [0.05, 0.1) is 48.0 Å². The quantitative estimate of drug-likeness (QED) is 0.362. The number of nitrogens with zero attached hydrogens (tertiary/aromatic N) is 2. The average Bonchev–Trinajstić information content (AvgIpc) is 3.13. The van der Waals surface area contributed by atoms with Crippen LogP contribution in [-0.4, -0.2) is 30.9 Å². The monoisotopic (exact) mass is 442 g/mol. The Balaban J connectivity index is 1.93. The van der Waals surface area contributed by atoms with Crippen LogP contribution in [0.5, 0.6) is 17.2 Å². The number of ether oxygens (including phenoxy) is 3. The first-order chi connectivity index (χ1) is 14.5. The Bertz CT molecular complexity index is 1220. The molecule has 0 saturated carbocycles. The molecule has 1 aromatic heterocycles. The van der Waals surface area contributed by atoms with Crippen LogP contribution >= 0.6 is 23.2 Å². The highest BCUT2D eigenvalue weighted by Crippen LogP contribution is 2.41. The summed E-state index contributed by atoms with van der Waals surface area (Å²) in [6.45, 7) is 0.560. The molecule has 0 N–H and O–H groups in total. The van der Waals surface area contributed by atoms with E-state index < -0.39 is 0 Å². The molecule has 0 atom stereocenters. The van der Waals surface area contributed by atoms with Gasteiger partial charge in [0.15, 0.2) is 11.5 Å². The first kappa shape index (κ1) is 20.4. The van der Waals surface area contributed by atoms with E-state index in [-0.39, 0.29) is 0 Å². The molecular weight excluding hydrogens is 423 g/mol. The van der Waals surface area contributed by atoms with Gasteiger partial charge in [-0.3, -0.25) is 0 Å². The summed E-state index contributed by atoms with van der Waals surface area (Å²) in [6, 6.07) is 17.3. The van der Waals surface area contributed by atoms with Gasteiger partial charge < -0.3 is 18.8 Å². The number of fused-ring (bicyclic) bond motifs is 1. The lowest BCUT2D eigenvalue weighted by Crippen LogP contribution is -2.04. The van der Waals surface area contributed by atoms with E-state index in [0.717, 1.165) is 28.0 Å². The highest BCUT2D eigenvalue weighted by atomic mass is 35.5. The molecular formula is C23H20Cl2N2O3. The minimum absolute atomic E-state index is 0.517. The van der Waals surface area contributed by atoms with E-state index in [1.807, 2.05) is 42.5 Å². The van der Waals surface area contributed by atoms with Crippen molar-refractivity contribution in [1.82, 2.24) is 9.55 Å². The molecule has 0 saturated heterocycles. The van der Waals surface area contributed by atoms with Crippen LogP contribution in [0.25, 0.3) is 22.4 Å². The molecule has 0 spiro atoms. The molecule has 4 aromatic rings. The number of methoxy groups -OCH3 is 3. The maximum atomic E-state index is 6.24. The van der Waals surface area contributed by atoms with Crippen molar-refractivity contribution in [1.29, 1.82) is 0 Å². The molecule has 0 aliphatic heterocycles. The van der Waals surface area contributed by atoms with Gasteiger partial charge in [-0.05, 0) is 35.9 Å². The number of halogens is 2. The molecule has 30 heavy (non-hydrogen) atoms. The molecule has 0 fully saturated rings. The lowest BCUT2D eigenvalue weighted by molar-refractivity contribution is 0.349. The minimum atomic E-state index is 0.517. The molecule has 3 aromatic carbocycles. The summed E-state index contributed by atoms with van der Waals surface area (Å²) in [4.78, 5) is 4.89. The van der Waals surface area contributed by atoms with Crippen LogP contribution in [0.2, 0.25) is 10.0 Å². The number of hydrogen-bond acceptors (Lipinski definition) is 4. The van der Waals surface area contributed by atoms with Gasteiger partial charge in [0.1, 0.15) is 11.6 Å². The van der Waals surface area contributed by atoms with E-state index in [4.69, 9.17) is 42.4 Å². The maximum absolute atomic E-state index is 6.24. The Kier molecular flexibility index (Phi) is 5.75. The van der Waals surface area contributed by atoms with Crippen LogP contribution in [0.15, 0.2) is 54.6 Å². The molecule has 0 aliphatic carbocycles. The van der Waals surface area contributed by atoms with Gasteiger partial charge in [0, 0.05) is 12.6 Å². The van der Waals surface area contributed by atoms with Crippen LogP contribution in [0, 0.1) is 0 Å². The molecule has 0 unspecified atom stereocenters. The van der Waals surface area contributed by atoms with Crippen LogP contribution in [0.4, 0.5) is 0 Å². The fraction of sp³-hybridized carbons (Fsp3) is 0.174. The van der Waals surface area contributed by atoms with E-state index in [1.54, 1.807) is 33.5 Å². The molecule has 7 heteroatoms. The van der Waals surface area contributed by atoms with Crippen LogP contribution < -0.4 is 14.2 Å². The molecule has 154 valence electrons. The molecule has 0 aliphatic rings. The Morgan fingerprint density at radius 1 is 0.800 bits per heavy atom. The number of imidazole rings is 1. The Labute approximate surface area is 184 Å². The lowest BCUT2D eigenvalue weighted by atomic mass is 10.1. The smallest absolute Gasteiger partial charge is 0.164 e. The van der Waals surface area contributed by atoms with E-state index >= 15 is 0 Å². The largest absolute Gasteiger partial charge is 0.496 e. The summed E-state index contributed by atoms with van der Waals surface area (Å²) >= 11 is 12.3. The van der Waals surface area contributed by atoms with Gasteiger partial charge in [-0.2, -0.15) is 0 Å². The fourth-order valence-corrected chi connectivity index (χ4v) is 3.79. The average molecular weight is 443 g/mol. The van der Waals surface area contributed by atoms with Crippen LogP contribution in [-0.2, 0) is 6.54 Å². The van der Waals surface area contributed by atoms with Crippen molar-refractivity contribution < 1.29 is 14.2 Å². The fourth-order valence-electron chi connectivity index (χ4n) is 3.47. The number of aromatic nitrogens is 2. The summed E-state index contributed by atoms with van der Waals surface area (Å²) in [5.41, 5.74) is 3.68. The van der Waals surface area contributed by atoms with Crippen molar-refractivity contribution in [2.24, 2.45) is 0 Å². The summed E-state index contributed by atoms with van der Waals surface area (Å²) in [7, 11) is 4.82. The molecule has 0 amide bonds. The van der Waals surface area contributed by atoms with Gasteiger partial charge in [0.25, 0.3) is 0 Å². The summed E-state index contributed by atoms with van der Waals surface area (Å²) < 4.78 is 18.7. The van der Waals surface area contributed by atoms with Gasteiger partial charge in [-0.25, -0.2) is 4.98 Å². The molecule has 0 radical (unpaired) electrons. The van der Waals surface area contributed by atoms with Crippen molar-refractivity contribution in [3.8, 4) is 28.6 Å². The molecule has 4 rings (SSSR count). The molecule has 5 nitrogen and oxygen atoms in total. The van der Waals surface area contributed by atoms with Crippen molar-refractivity contribution in [2.45, 2.75) is 6.54 Å². The van der Waals surface area contributed by atoms with Gasteiger partial charge in [-0.1, -0.05) is 41.4 Å². The normalized spacial score (nSPS) is 11.0. The topological polar surface area (TPSA) is 45.5 Å². The third-order valence-corrected chi connectivity index (χ3v) is 5.66. The maximum Gasteiger partial charge on any atom is 0.164 e. The van der Waals surface area contributed by atoms with Gasteiger partial charge in [0.2, 0.25) is 0 Å². The zero-order chi connectivity index (χ0) is 21.3. The van der Waals surface area contributed by atoms with Crippen LogP contribution in [0.1, 0.15) is 5.56 Å². The number of hydrogen-bond donors (Lipinski definition) is 0. The standard InChI is InChI=1S/C23H20Cl2N2O3/c1-28-20-12-22(30-3)21(29-2)11-15(20)23-26-18-6-4-5-7-19(18)27(23)13-14-8-9-16(24)17(25)10-14/h4-12H,13H2,1-3H3. The molecule has 0 bridgehead atoms. The number of rotatable bonds is 6. The highest BCUT2D eigenvalue weighted by molar-refractivity contribution is 6.42.